The summed E-state index contributed by atoms with van der Waals surface area (Å²) in [6.45, 7) is -0.295. The molecule has 1 aliphatic heterocycles. The normalized spacial score (nSPS) is 18.1. The molecule has 1 aliphatic rings. The fourth-order valence-electron chi connectivity index (χ4n) is 4.42. The number of alkyl halides is 3. The number of nitrogens with zero attached hydrogens (tertiary/aromatic N) is 1. The first kappa shape index (κ1) is 26.9. The lowest BCUT2D eigenvalue weighted by molar-refractivity contribution is -0.265. The average Bonchev–Trinajstić information content (AvgIpc) is 3.45. The first-order valence-electron chi connectivity index (χ1n) is 11.8. The molecule has 2 aromatic carbocycles. The summed E-state index contributed by atoms with van der Waals surface area (Å²) >= 11 is 0. The molecule has 0 saturated carbocycles. The first-order chi connectivity index (χ1) is 18.7. The summed E-state index contributed by atoms with van der Waals surface area (Å²) in [6.07, 6.45) is -5.36. The predicted octanol–water partition coefficient (Wildman–Crippen LogP) is 2.37. The molecule has 0 fully saturated rings. The topological polar surface area (TPSA) is 163 Å². The van der Waals surface area contributed by atoms with Gasteiger partial charge in [-0.3, -0.25) is 9.59 Å². The Bertz CT molecular complexity index is 1720. The van der Waals surface area contributed by atoms with Gasteiger partial charge in [0.2, 0.25) is 11.5 Å². The molecule has 10 nitrogen and oxygen atoms in total. The number of nitrogens with one attached hydrogen (secondary N) is 3. The van der Waals surface area contributed by atoms with Gasteiger partial charge in [-0.25, -0.2) is 14.2 Å². The van der Waals surface area contributed by atoms with Crippen LogP contribution >= 0.6 is 0 Å². The molecule has 0 radical (unpaired) electrons. The number of primary amides is 1. The molecule has 2 atom stereocenters. The van der Waals surface area contributed by atoms with Gasteiger partial charge in [0, 0.05) is 16.7 Å². The largest absolute Gasteiger partial charge is 0.489 e. The molecule has 6 N–H and O–H groups in total. The van der Waals surface area contributed by atoms with E-state index in [0.717, 1.165) is 18.2 Å². The van der Waals surface area contributed by atoms with E-state index in [1.807, 2.05) is 0 Å². The molecule has 4 aromatic rings. The number of carbonyl (C=O) groups excluding carboxylic acids is 2. The number of nitrogens with two attached hydrogens (primary N) is 1. The van der Waals surface area contributed by atoms with Crippen molar-refractivity contribution in [3.63, 3.8) is 0 Å². The van der Waals surface area contributed by atoms with Crippen LogP contribution in [0.3, 0.4) is 0 Å². The molecule has 5 rings (SSSR count). The zero-order valence-corrected chi connectivity index (χ0v) is 20.6. The van der Waals surface area contributed by atoms with Crippen LogP contribution in [-0.4, -0.2) is 51.2 Å². The number of fused-ring (bicyclic) bond motifs is 2. The highest BCUT2D eigenvalue weighted by atomic mass is 19.4. The predicted molar refractivity (Wildman–Crippen MR) is 133 cm³/mol. The number of hydrogen-bond acceptors (Lipinski definition) is 6. The highest BCUT2D eigenvalue weighted by Gasteiger charge is 2.57. The van der Waals surface area contributed by atoms with Crippen molar-refractivity contribution in [1.29, 1.82) is 0 Å². The Morgan fingerprint density at radius 2 is 1.80 bits per heavy atom. The Hall–Kier alpha value is -4.72. The molecule has 0 saturated heterocycles. The second-order valence-corrected chi connectivity index (χ2v) is 9.60. The number of aliphatic hydroxyl groups is 1. The number of rotatable bonds is 6. The van der Waals surface area contributed by atoms with Gasteiger partial charge in [-0.2, -0.15) is 13.2 Å². The van der Waals surface area contributed by atoms with Gasteiger partial charge in [0.05, 0.1) is 23.3 Å². The Morgan fingerprint density at radius 3 is 2.45 bits per heavy atom. The van der Waals surface area contributed by atoms with Crippen LogP contribution in [0.25, 0.3) is 22.3 Å². The van der Waals surface area contributed by atoms with Crippen molar-refractivity contribution in [1.82, 2.24) is 20.3 Å². The SMILES string of the molecule is C[C@]1(C(N)=O)COc2c1cc([C@@](O)(CNC(=O)c1ccc3[nH]c(=O)[nH]c3c1)C(F)(F)F)nc2-c1ccc(F)cc1. The number of benzene rings is 2. The van der Waals surface area contributed by atoms with Crippen molar-refractivity contribution in [2.24, 2.45) is 5.73 Å². The van der Waals surface area contributed by atoms with Crippen LogP contribution in [-0.2, 0) is 15.8 Å². The van der Waals surface area contributed by atoms with Crippen LogP contribution in [0.15, 0.2) is 53.3 Å². The van der Waals surface area contributed by atoms with E-state index in [2.05, 4.69) is 20.3 Å². The van der Waals surface area contributed by atoms with Gasteiger partial charge in [-0.15, -0.1) is 0 Å². The van der Waals surface area contributed by atoms with Gasteiger partial charge in [0.25, 0.3) is 5.91 Å². The smallest absolute Gasteiger partial charge is 0.424 e. The van der Waals surface area contributed by atoms with Crippen molar-refractivity contribution in [3.8, 4) is 17.0 Å². The third-order valence-electron chi connectivity index (χ3n) is 6.91. The van der Waals surface area contributed by atoms with Crippen LogP contribution in [0.2, 0.25) is 0 Å². The third kappa shape index (κ3) is 4.35. The van der Waals surface area contributed by atoms with Crippen LogP contribution in [0.5, 0.6) is 5.75 Å². The maximum Gasteiger partial charge on any atom is 0.424 e. The number of hydrogen-bond donors (Lipinski definition) is 5. The fraction of sp³-hybridized carbons (Fsp3) is 0.231. The quantitative estimate of drug-likeness (QED) is 0.228. The van der Waals surface area contributed by atoms with Crippen molar-refractivity contribution in [3.05, 3.63) is 81.7 Å². The molecule has 0 unspecified atom stereocenters. The minimum Gasteiger partial charge on any atom is -0.489 e. The highest BCUT2D eigenvalue weighted by molar-refractivity contribution is 5.97. The molecule has 14 heteroatoms. The molecular formula is C26H21F4N5O5. The maximum absolute atomic E-state index is 14.5. The van der Waals surface area contributed by atoms with Crippen LogP contribution in [0, 0.1) is 5.82 Å². The Kier molecular flexibility index (Phi) is 6.17. The van der Waals surface area contributed by atoms with Gasteiger partial charge in [0.15, 0.2) is 0 Å². The fourth-order valence-corrected chi connectivity index (χ4v) is 4.42. The minimum atomic E-state index is -5.36. The van der Waals surface area contributed by atoms with E-state index < -0.39 is 52.8 Å². The number of amides is 2. The number of aromatic amines is 2. The lowest BCUT2D eigenvalue weighted by Crippen LogP contribution is -2.51. The number of carbonyl (C=O) groups is 2. The molecule has 2 amide bonds. The lowest BCUT2D eigenvalue weighted by Gasteiger charge is -2.31. The van der Waals surface area contributed by atoms with E-state index in [4.69, 9.17) is 10.5 Å². The number of aromatic nitrogens is 3. The summed E-state index contributed by atoms with van der Waals surface area (Å²) < 4.78 is 62.7. The first-order valence-corrected chi connectivity index (χ1v) is 11.8. The van der Waals surface area contributed by atoms with Gasteiger partial charge < -0.3 is 30.9 Å². The van der Waals surface area contributed by atoms with E-state index in [-0.39, 0.29) is 40.3 Å². The lowest BCUT2D eigenvalue weighted by atomic mass is 9.81. The summed E-state index contributed by atoms with van der Waals surface area (Å²) in [6, 6.07) is 9.42. The minimum absolute atomic E-state index is 0.0426. The molecule has 0 spiro atoms. The van der Waals surface area contributed by atoms with Crippen molar-refractivity contribution >= 4 is 22.8 Å². The van der Waals surface area contributed by atoms with Crippen molar-refractivity contribution in [2.45, 2.75) is 24.1 Å². The third-order valence-corrected chi connectivity index (χ3v) is 6.91. The zero-order chi connectivity index (χ0) is 29.0. The number of ether oxygens (including phenoxy) is 1. The summed E-state index contributed by atoms with van der Waals surface area (Å²) in [4.78, 5) is 45.5. The Labute approximate surface area is 222 Å². The zero-order valence-electron chi connectivity index (χ0n) is 20.6. The molecule has 208 valence electrons. The van der Waals surface area contributed by atoms with Crippen LogP contribution < -0.4 is 21.5 Å². The van der Waals surface area contributed by atoms with Gasteiger partial charge in [-0.1, -0.05) is 0 Å². The van der Waals surface area contributed by atoms with E-state index in [9.17, 15) is 37.1 Å². The second-order valence-electron chi connectivity index (χ2n) is 9.60. The van der Waals surface area contributed by atoms with E-state index in [0.29, 0.717) is 5.52 Å². The molecule has 0 aliphatic carbocycles. The Balaban J connectivity index is 1.59. The molecule has 0 bridgehead atoms. The number of imidazole rings is 1. The van der Waals surface area contributed by atoms with E-state index >= 15 is 0 Å². The van der Waals surface area contributed by atoms with E-state index in [1.165, 1.54) is 37.3 Å². The van der Waals surface area contributed by atoms with Crippen LogP contribution in [0.1, 0.15) is 28.5 Å². The Morgan fingerprint density at radius 1 is 1.12 bits per heavy atom. The maximum atomic E-state index is 14.5. The average molecular weight is 559 g/mol. The summed E-state index contributed by atoms with van der Waals surface area (Å²) in [5.74, 6) is -2.53. The van der Waals surface area contributed by atoms with Crippen LogP contribution in [0.4, 0.5) is 17.6 Å². The summed E-state index contributed by atoms with van der Waals surface area (Å²) in [5, 5.41) is 13.1. The number of halogens is 4. The standard InChI is InChI=1S/C26H21F4N5O5/c1-24(22(31)37)11-40-20-15(24)9-18(35-19(20)12-2-5-14(27)6-3-12)25(39,26(28,29)30)10-32-21(36)13-4-7-16-17(8-13)34-23(38)33-16/h2-9,39H,10-11H2,1H3,(H2,31,37)(H,32,36)(H2,33,34,38)/t24-,25-/m0/s1. The van der Waals surface area contributed by atoms with E-state index in [1.54, 1.807) is 0 Å². The molecule has 3 heterocycles. The summed E-state index contributed by atoms with van der Waals surface area (Å²) in [7, 11) is 0. The number of H-pyrrole nitrogens is 2. The van der Waals surface area contributed by atoms with Gasteiger partial charge in [0.1, 0.15) is 29.3 Å². The van der Waals surface area contributed by atoms with Gasteiger partial charge in [-0.05, 0) is 55.5 Å². The molecule has 40 heavy (non-hydrogen) atoms. The highest BCUT2D eigenvalue weighted by Crippen LogP contribution is 2.47. The van der Waals surface area contributed by atoms with Crippen molar-refractivity contribution < 1.29 is 37.0 Å². The van der Waals surface area contributed by atoms with Crippen molar-refractivity contribution in [2.75, 3.05) is 13.2 Å². The molecule has 2 aromatic heterocycles. The second kappa shape index (κ2) is 9.19. The monoisotopic (exact) mass is 559 g/mol. The number of pyridine rings is 1. The summed E-state index contributed by atoms with van der Waals surface area (Å²) in [5.41, 5.74) is -0.788. The molecular weight excluding hydrogens is 538 g/mol. The van der Waals surface area contributed by atoms with Gasteiger partial charge >= 0.3 is 11.9 Å².